The molecule has 2 nitrogen and oxygen atoms in total. The Morgan fingerprint density at radius 2 is 2.35 bits per heavy atom. The maximum atomic E-state index is 6.60. The number of nitrogens with zero attached hydrogens (tertiary/aromatic N) is 1. The highest BCUT2D eigenvalue weighted by molar-refractivity contribution is 7.09. The van der Waals surface area contributed by atoms with Crippen LogP contribution in [0.2, 0.25) is 0 Å². The van der Waals surface area contributed by atoms with Gasteiger partial charge in [-0.05, 0) is 31.6 Å². The Kier molecular flexibility index (Phi) is 3.88. The Balaban J connectivity index is 2.03. The van der Waals surface area contributed by atoms with Gasteiger partial charge in [0.05, 0.1) is 5.01 Å². The molecular formula is C14H24N2S. The van der Waals surface area contributed by atoms with Crippen LogP contribution in [0.5, 0.6) is 0 Å². The minimum atomic E-state index is -0.00250. The van der Waals surface area contributed by atoms with Gasteiger partial charge in [0.15, 0.2) is 0 Å². The molecule has 1 aliphatic carbocycles. The number of thiazole rings is 1. The highest BCUT2D eigenvalue weighted by Gasteiger charge is 2.34. The van der Waals surface area contributed by atoms with Crippen LogP contribution >= 0.6 is 11.3 Å². The van der Waals surface area contributed by atoms with Gasteiger partial charge in [0, 0.05) is 23.0 Å². The fourth-order valence-electron chi connectivity index (χ4n) is 2.96. The highest BCUT2D eigenvalue weighted by atomic mass is 32.1. The fourth-order valence-corrected chi connectivity index (χ4v) is 3.88. The lowest BCUT2D eigenvalue weighted by molar-refractivity contribution is 0.182. The number of aromatic nitrogens is 1. The maximum absolute atomic E-state index is 6.60. The van der Waals surface area contributed by atoms with Gasteiger partial charge in [-0.15, -0.1) is 11.3 Å². The van der Waals surface area contributed by atoms with Crippen molar-refractivity contribution >= 4 is 11.3 Å². The smallest absolute Gasteiger partial charge is 0.0946 e. The first-order valence-electron chi connectivity index (χ1n) is 6.68. The van der Waals surface area contributed by atoms with Crippen molar-refractivity contribution in [3.05, 3.63) is 16.1 Å². The average Bonchev–Trinajstić information content (AvgIpc) is 2.63. The molecule has 1 aliphatic rings. The summed E-state index contributed by atoms with van der Waals surface area (Å²) < 4.78 is 0. The Bertz CT molecular complexity index is 372. The number of nitrogens with two attached hydrogens (primary N) is 1. The Hall–Kier alpha value is -0.410. The van der Waals surface area contributed by atoms with Gasteiger partial charge in [-0.2, -0.15) is 0 Å². The maximum Gasteiger partial charge on any atom is 0.0946 e. The van der Waals surface area contributed by atoms with Gasteiger partial charge in [0.1, 0.15) is 0 Å². The topological polar surface area (TPSA) is 38.9 Å². The molecule has 96 valence electrons. The molecule has 0 aromatic carbocycles. The average molecular weight is 252 g/mol. The second kappa shape index (κ2) is 5.07. The number of hydrogen-bond donors (Lipinski definition) is 1. The number of aryl methyl sites for hydroxylation is 1. The number of rotatable bonds is 3. The van der Waals surface area contributed by atoms with E-state index in [1.54, 1.807) is 11.3 Å². The van der Waals surface area contributed by atoms with Crippen molar-refractivity contribution in [1.82, 2.24) is 4.98 Å². The van der Waals surface area contributed by atoms with Gasteiger partial charge in [-0.25, -0.2) is 4.98 Å². The zero-order valence-electron chi connectivity index (χ0n) is 11.2. The Morgan fingerprint density at radius 1 is 1.59 bits per heavy atom. The highest BCUT2D eigenvalue weighted by Crippen LogP contribution is 2.37. The van der Waals surface area contributed by atoms with Crippen molar-refractivity contribution in [2.75, 3.05) is 0 Å². The van der Waals surface area contributed by atoms with E-state index in [0.29, 0.717) is 0 Å². The SMILES string of the molecule is Cc1csc(CC2(N)CCCC(C(C)C)C2)n1. The van der Waals surface area contributed by atoms with Crippen LogP contribution in [0.4, 0.5) is 0 Å². The molecule has 1 aromatic rings. The lowest BCUT2D eigenvalue weighted by atomic mass is 9.71. The molecule has 0 bridgehead atoms. The van der Waals surface area contributed by atoms with Crippen LogP contribution in [0.15, 0.2) is 5.38 Å². The van der Waals surface area contributed by atoms with Gasteiger partial charge in [-0.1, -0.05) is 26.7 Å². The molecule has 1 fully saturated rings. The van der Waals surface area contributed by atoms with Gasteiger partial charge in [0.25, 0.3) is 0 Å². The van der Waals surface area contributed by atoms with Crippen LogP contribution in [0.25, 0.3) is 0 Å². The van der Waals surface area contributed by atoms with E-state index in [1.165, 1.54) is 24.3 Å². The molecule has 1 heterocycles. The quantitative estimate of drug-likeness (QED) is 0.893. The van der Waals surface area contributed by atoms with Crippen molar-refractivity contribution in [3.8, 4) is 0 Å². The molecule has 0 saturated heterocycles. The third-order valence-corrected chi connectivity index (χ3v) is 5.00. The van der Waals surface area contributed by atoms with E-state index in [-0.39, 0.29) is 5.54 Å². The molecule has 17 heavy (non-hydrogen) atoms. The van der Waals surface area contributed by atoms with Crippen molar-refractivity contribution in [2.24, 2.45) is 17.6 Å². The van der Waals surface area contributed by atoms with Crippen molar-refractivity contribution in [1.29, 1.82) is 0 Å². The summed E-state index contributed by atoms with van der Waals surface area (Å²) in [5.74, 6) is 1.56. The van der Waals surface area contributed by atoms with Gasteiger partial charge >= 0.3 is 0 Å². The van der Waals surface area contributed by atoms with E-state index >= 15 is 0 Å². The Morgan fingerprint density at radius 3 is 2.94 bits per heavy atom. The van der Waals surface area contributed by atoms with Gasteiger partial charge in [0.2, 0.25) is 0 Å². The van der Waals surface area contributed by atoms with Gasteiger partial charge in [-0.3, -0.25) is 0 Å². The lowest BCUT2D eigenvalue weighted by Gasteiger charge is -2.39. The van der Waals surface area contributed by atoms with Crippen LogP contribution in [0.1, 0.15) is 50.2 Å². The first-order chi connectivity index (χ1) is 7.98. The van der Waals surface area contributed by atoms with E-state index in [2.05, 4.69) is 31.1 Å². The second-order valence-electron chi connectivity index (χ2n) is 6.02. The predicted octanol–water partition coefficient (Wildman–Crippen LogP) is 3.54. The van der Waals surface area contributed by atoms with E-state index in [4.69, 9.17) is 5.73 Å². The van der Waals surface area contributed by atoms with Crippen molar-refractivity contribution in [2.45, 2.75) is 58.4 Å². The summed E-state index contributed by atoms with van der Waals surface area (Å²) in [6.07, 6.45) is 5.93. The van der Waals surface area contributed by atoms with Crippen LogP contribution in [-0.4, -0.2) is 10.5 Å². The molecule has 3 heteroatoms. The molecule has 2 unspecified atom stereocenters. The van der Waals surface area contributed by atoms with Crippen LogP contribution in [0, 0.1) is 18.8 Å². The summed E-state index contributed by atoms with van der Waals surface area (Å²) in [5.41, 5.74) is 7.72. The van der Waals surface area contributed by atoms with Crippen molar-refractivity contribution < 1.29 is 0 Å². The molecule has 0 aliphatic heterocycles. The summed E-state index contributed by atoms with van der Waals surface area (Å²) in [4.78, 5) is 4.56. The molecule has 2 rings (SSSR count). The molecule has 2 N–H and O–H groups in total. The van der Waals surface area contributed by atoms with Crippen LogP contribution in [-0.2, 0) is 6.42 Å². The molecule has 1 saturated carbocycles. The zero-order chi connectivity index (χ0) is 12.5. The van der Waals surface area contributed by atoms with E-state index in [0.717, 1.165) is 30.4 Å². The third kappa shape index (κ3) is 3.29. The minimum absolute atomic E-state index is 0.00250. The standard InChI is InChI=1S/C14H24N2S/c1-10(2)12-5-4-6-14(15,7-12)8-13-16-11(3)9-17-13/h9-10,12H,4-8,15H2,1-3H3. The third-order valence-electron chi connectivity index (χ3n) is 4.03. The Labute approximate surface area is 109 Å². The normalized spacial score (nSPS) is 29.8. The zero-order valence-corrected chi connectivity index (χ0v) is 12.0. The van der Waals surface area contributed by atoms with Crippen LogP contribution in [0.3, 0.4) is 0 Å². The summed E-state index contributed by atoms with van der Waals surface area (Å²) in [7, 11) is 0. The summed E-state index contributed by atoms with van der Waals surface area (Å²) in [5, 5.41) is 3.34. The first kappa shape index (κ1) is 13.0. The van der Waals surface area contributed by atoms with E-state index < -0.39 is 0 Å². The molecule has 0 amide bonds. The van der Waals surface area contributed by atoms with E-state index in [9.17, 15) is 0 Å². The molecule has 0 spiro atoms. The van der Waals surface area contributed by atoms with Gasteiger partial charge < -0.3 is 5.73 Å². The second-order valence-corrected chi connectivity index (χ2v) is 6.96. The predicted molar refractivity (Wildman–Crippen MR) is 74.3 cm³/mol. The molecule has 2 atom stereocenters. The molecular weight excluding hydrogens is 228 g/mol. The molecule has 0 radical (unpaired) electrons. The summed E-state index contributed by atoms with van der Waals surface area (Å²) >= 11 is 1.76. The first-order valence-corrected chi connectivity index (χ1v) is 7.56. The minimum Gasteiger partial charge on any atom is -0.325 e. The summed E-state index contributed by atoms with van der Waals surface area (Å²) in [6, 6.07) is 0. The number of hydrogen-bond acceptors (Lipinski definition) is 3. The summed E-state index contributed by atoms with van der Waals surface area (Å²) in [6.45, 7) is 6.70. The van der Waals surface area contributed by atoms with E-state index in [1.807, 2.05) is 0 Å². The largest absolute Gasteiger partial charge is 0.325 e. The van der Waals surface area contributed by atoms with Crippen molar-refractivity contribution in [3.63, 3.8) is 0 Å². The fraction of sp³-hybridized carbons (Fsp3) is 0.786. The molecule has 1 aromatic heterocycles. The van der Waals surface area contributed by atoms with Crippen LogP contribution < -0.4 is 5.73 Å². The lowest BCUT2D eigenvalue weighted by Crippen LogP contribution is -2.47. The monoisotopic (exact) mass is 252 g/mol.